The summed E-state index contributed by atoms with van der Waals surface area (Å²) in [6, 6.07) is 24.0. The number of anilines is 1. The number of rotatable bonds is 11. The Morgan fingerprint density at radius 1 is 0.897 bits per heavy atom. The zero-order valence-electron chi connectivity index (χ0n) is 23.2. The second-order valence-corrected chi connectivity index (χ2v) is 10.4. The van der Waals surface area contributed by atoms with Crippen LogP contribution in [0.4, 0.5) is 10.5 Å². The van der Waals surface area contributed by atoms with Gasteiger partial charge in [-0.2, -0.15) is 0 Å². The van der Waals surface area contributed by atoms with Crippen molar-refractivity contribution in [3.8, 4) is 0 Å². The van der Waals surface area contributed by atoms with Gasteiger partial charge < -0.3 is 20.9 Å². The minimum atomic E-state index is -0.533. The molecule has 3 aromatic rings. The van der Waals surface area contributed by atoms with Gasteiger partial charge in [0.05, 0.1) is 5.41 Å². The average Bonchev–Trinajstić information content (AvgIpc) is 2.94. The standard InChI is InChI=1S/C32H41N5O2/c1-3-10-28-24-29(23-25(2)35-28)36-31(39)34-19-22-37-20-16-32(17-21-37,27-13-8-5-9-14-27)30(38)33-18-15-26-11-6-4-7-12-26/h4-9,11-14,23-24H,3,10,15-22H2,1-2H3,(H,33,38)(H2,34,35,36,39). The van der Waals surface area contributed by atoms with Gasteiger partial charge in [0.15, 0.2) is 0 Å². The highest BCUT2D eigenvalue weighted by atomic mass is 16.2. The predicted octanol–water partition coefficient (Wildman–Crippen LogP) is 4.86. The van der Waals surface area contributed by atoms with E-state index in [4.69, 9.17) is 0 Å². The molecule has 0 atom stereocenters. The Morgan fingerprint density at radius 3 is 2.28 bits per heavy atom. The van der Waals surface area contributed by atoms with Gasteiger partial charge in [-0.1, -0.05) is 74.0 Å². The van der Waals surface area contributed by atoms with Crippen LogP contribution in [0.25, 0.3) is 0 Å². The van der Waals surface area contributed by atoms with Crippen molar-refractivity contribution in [2.75, 3.05) is 38.0 Å². The van der Waals surface area contributed by atoms with E-state index in [0.29, 0.717) is 13.1 Å². The molecule has 7 heteroatoms. The number of carbonyl (C=O) groups is 2. The Labute approximate surface area is 232 Å². The lowest BCUT2D eigenvalue weighted by molar-refractivity contribution is -0.128. The summed E-state index contributed by atoms with van der Waals surface area (Å²) in [4.78, 5) is 32.9. The zero-order chi connectivity index (χ0) is 27.5. The van der Waals surface area contributed by atoms with Crippen molar-refractivity contribution in [2.24, 2.45) is 0 Å². The van der Waals surface area contributed by atoms with Crippen LogP contribution in [-0.4, -0.2) is 54.5 Å². The topological polar surface area (TPSA) is 86.4 Å². The maximum Gasteiger partial charge on any atom is 0.319 e. The Morgan fingerprint density at radius 2 is 1.59 bits per heavy atom. The van der Waals surface area contributed by atoms with E-state index in [-0.39, 0.29) is 11.9 Å². The van der Waals surface area contributed by atoms with Crippen LogP contribution >= 0.6 is 0 Å². The van der Waals surface area contributed by atoms with E-state index in [1.807, 2.05) is 55.5 Å². The number of hydrogen-bond donors (Lipinski definition) is 3. The first-order valence-electron chi connectivity index (χ1n) is 14.1. The molecular weight excluding hydrogens is 486 g/mol. The normalized spacial score (nSPS) is 14.9. The summed E-state index contributed by atoms with van der Waals surface area (Å²) in [5.41, 5.74) is 4.43. The number of nitrogens with zero attached hydrogens (tertiary/aromatic N) is 2. The van der Waals surface area contributed by atoms with Crippen LogP contribution in [0.15, 0.2) is 72.8 Å². The first kappa shape index (κ1) is 28.3. The molecule has 0 bridgehead atoms. The molecule has 7 nitrogen and oxygen atoms in total. The fourth-order valence-corrected chi connectivity index (χ4v) is 5.39. The molecule has 1 aliphatic rings. The van der Waals surface area contributed by atoms with E-state index in [9.17, 15) is 9.59 Å². The number of likely N-dealkylation sites (tertiary alicyclic amines) is 1. The SMILES string of the molecule is CCCc1cc(NC(=O)NCCN2CCC(C(=O)NCCc3ccccc3)(c3ccccc3)CC2)cc(C)n1. The number of aryl methyl sites for hydroxylation is 2. The van der Waals surface area contributed by atoms with E-state index in [1.54, 1.807) is 0 Å². The van der Waals surface area contributed by atoms with Crippen LogP contribution < -0.4 is 16.0 Å². The van der Waals surface area contributed by atoms with Crippen LogP contribution in [0, 0.1) is 6.92 Å². The molecule has 1 aliphatic heterocycles. The van der Waals surface area contributed by atoms with Crippen molar-refractivity contribution in [3.05, 3.63) is 95.3 Å². The highest BCUT2D eigenvalue weighted by Gasteiger charge is 2.42. The Balaban J connectivity index is 1.28. The second kappa shape index (κ2) is 13.9. The number of benzene rings is 2. The zero-order valence-corrected chi connectivity index (χ0v) is 23.2. The smallest absolute Gasteiger partial charge is 0.319 e. The lowest BCUT2D eigenvalue weighted by Gasteiger charge is -2.41. The Bertz CT molecular complexity index is 1210. The lowest BCUT2D eigenvalue weighted by Crippen LogP contribution is -2.53. The number of hydrogen-bond acceptors (Lipinski definition) is 4. The van der Waals surface area contributed by atoms with E-state index >= 15 is 0 Å². The van der Waals surface area contributed by atoms with Crippen molar-refractivity contribution in [1.82, 2.24) is 20.5 Å². The predicted molar refractivity (Wildman–Crippen MR) is 157 cm³/mol. The Kier molecular flexibility index (Phi) is 10.1. The molecule has 0 aliphatic carbocycles. The van der Waals surface area contributed by atoms with Gasteiger partial charge in [-0.05, 0) is 69.0 Å². The summed E-state index contributed by atoms with van der Waals surface area (Å²) in [5.74, 6) is 0.108. The molecule has 1 saturated heterocycles. The van der Waals surface area contributed by atoms with Gasteiger partial charge in [-0.3, -0.25) is 9.78 Å². The van der Waals surface area contributed by atoms with Crippen molar-refractivity contribution in [2.45, 2.75) is 51.4 Å². The minimum absolute atomic E-state index is 0.108. The first-order chi connectivity index (χ1) is 19.0. The van der Waals surface area contributed by atoms with Crippen molar-refractivity contribution in [3.63, 3.8) is 0 Å². The highest BCUT2D eigenvalue weighted by molar-refractivity contribution is 5.89. The van der Waals surface area contributed by atoms with Gasteiger partial charge in [0.25, 0.3) is 0 Å². The van der Waals surface area contributed by atoms with Crippen LogP contribution in [0.5, 0.6) is 0 Å². The van der Waals surface area contributed by atoms with Gasteiger partial charge in [0, 0.05) is 36.7 Å². The quantitative estimate of drug-likeness (QED) is 0.333. The van der Waals surface area contributed by atoms with Gasteiger partial charge in [-0.25, -0.2) is 4.79 Å². The van der Waals surface area contributed by atoms with Crippen molar-refractivity contribution in [1.29, 1.82) is 0 Å². The summed E-state index contributed by atoms with van der Waals surface area (Å²) >= 11 is 0. The number of amides is 3. The van der Waals surface area contributed by atoms with Crippen LogP contribution in [0.2, 0.25) is 0 Å². The molecule has 0 saturated carbocycles. The molecule has 0 radical (unpaired) electrons. The second-order valence-electron chi connectivity index (χ2n) is 10.4. The van der Waals surface area contributed by atoms with Crippen molar-refractivity contribution < 1.29 is 9.59 Å². The first-order valence-corrected chi connectivity index (χ1v) is 14.1. The number of pyridine rings is 1. The number of urea groups is 1. The summed E-state index contributed by atoms with van der Waals surface area (Å²) < 4.78 is 0. The molecule has 1 aromatic heterocycles. The minimum Gasteiger partial charge on any atom is -0.355 e. The molecular formula is C32H41N5O2. The fraction of sp³-hybridized carbons (Fsp3) is 0.406. The summed E-state index contributed by atoms with van der Waals surface area (Å²) in [6.45, 7) is 7.56. The average molecular weight is 528 g/mol. The Hall–Kier alpha value is -3.71. The van der Waals surface area contributed by atoms with Gasteiger partial charge in [0.2, 0.25) is 5.91 Å². The molecule has 0 spiro atoms. The molecule has 2 heterocycles. The molecule has 3 N–H and O–H groups in total. The van der Waals surface area contributed by atoms with Gasteiger partial charge in [0.1, 0.15) is 0 Å². The van der Waals surface area contributed by atoms with Crippen LogP contribution in [0.1, 0.15) is 48.7 Å². The third kappa shape index (κ3) is 7.90. The van der Waals surface area contributed by atoms with E-state index in [2.05, 4.69) is 57.0 Å². The molecule has 3 amide bonds. The molecule has 4 rings (SSSR count). The molecule has 206 valence electrons. The molecule has 1 fully saturated rings. The number of piperidine rings is 1. The number of nitrogens with one attached hydrogen (secondary N) is 3. The maximum absolute atomic E-state index is 13.6. The molecule has 2 aromatic carbocycles. The van der Waals surface area contributed by atoms with Crippen LogP contribution in [0.3, 0.4) is 0 Å². The van der Waals surface area contributed by atoms with Gasteiger partial charge in [-0.15, -0.1) is 0 Å². The summed E-state index contributed by atoms with van der Waals surface area (Å²) in [5, 5.41) is 9.14. The highest BCUT2D eigenvalue weighted by Crippen LogP contribution is 2.36. The van der Waals surface area contributed by atoms with Gasteiger partial charge >= 0.3 is 6.03 Å². The third-order valence-electron chi connectivity index (χ3n) is 7.50. The van der Waals surface area contributed by atoms with Crippen LogP contribution in [-0.2, 0) is 23.1 Å². The van der Waals surface area contributed by atoms with E-state index in [1.165, 1.54) is 5.56 Å². The number of aromatic nitrogens is 1. The third-order valence-corrected chi connectivity index (χ3v) is 7.50. The summed E-state index contributed by atoms with van der Waals surface area (Å²) in [7, 11) is 0. The molecule has 0 unspecified atom stereocenters. The number of carbonyl (C=O) groups excluding carboxylic acids is 2. The van der Waals surface area contributed by atoms with Crippen molar-refractivity contribution >= 4 is 17.6 Å². The maximum atomic E-state index is 13.6. The fourth-order valence-electron chi connectivity index (χ4n) is 5.39. The van der Waals surface area contributed by atoms with E-state index < -0.39 is 5.41 Å². The van der Waals surface area contributed by atoms with E-state index in [0.717, 1.165) is 74.4 Å². The largest absolute Gasteiger partial charge is 0.355 e. The lowest BCUT2D eigenvalue weighted by atomic mass is 9.72. The monoisotopic (exact) mass is 527 g/mol. The molecule has 39 heavy (non-hydrogen) atoms. The summed E-state index contributed by atoms with van der Waals surface area (Å²) in [6.07, 6.45) is 4.21.